The average Bonchev–Trinajstić information content (AvgIpc) is 3.17. The predicted octanol–water partition coefficient (Wildman–Crippen LogP) is 0.539. The van der Waals surface area contributed by atoms with E-state index < -0.39 is 5.97 Å². The second-order valence-corrected chi connectivity index (χ2v) is 5.62. The second kappa shape index (κ2) is 5.88. The molecule has 1 aliphatic carbocycles. The second-order valence-electron chi connectivity index (χ2n) is 5.62. The van der Waals surface area contributed by atoms with E-state index in [1.54, 1.807) is 0 Å². The molecule has 1 aromatic rings. The van der Waals surface area contributed by atoms with E-state index in [4.69, 9.17) is 9.63 Å². The number of aliphatic carboxylic acids is 1. The van der Waals surface area contributed by atoms with Gasteiger partial charge in [-0.05, 0) is 25.8 Å². The molecule has 2 aliphatic rings. The van der Waals surface area contributed by atoms with Gasteiger partial charge in [-0.1, -0.05) is 5.16 Å². The minimum atomic E-state index is -0.759. The smallest absolute Gasteiger partial charge is 0.317 e. The Morgan fingerprint density at radius 2 is 2.00 bits per heavy atom. The first-order chi connectivity index (χ1) is 9.70. The number of aromatic nitrogens is 2. The highest BCUT2D eigenvalue weighted by atomic mass is 16.5. The highest BCUT2D eigenvalue weighted by molar-refractivity contribution is 5.69. The van der Waals surface area contributed by atoms with E-state index in [9.17, 15) is 4.79 Å². The standard InChI is InChI=1S/C13H20N4O3/c18-12(19)9-17-5-1-4-16(6-7-17)8-11-14-13(20-15-11)10-2-3-10/h10H,1-9H2,(H,18,19). The average molecular weight is 280 g/mol. The zero-order chi connectivity index (χ0) is 13.9. The fourth-order valence-corrected chi connectivity index (χ4v) is 2.56. The summed E-state index contributed by atoms with van der Waals surface area (Å²) in [4.78, 5) is 19.4. The summed E-state index contributed by atoms with van der Waals surface area (Å²) in [5, 5.41) is 12.9. The van der Waals surface area contributed by atoms with Crippen molar-refractivity contribution in [3.05, 3.63) is 11.7 Å². The number of nitrogens with zero attached hydrogens (tertiary/aromatic N) is 4. The van der Waals surface area contributed by atoms with E-state index in [2.05, 4.69) is 15.0 Å². The van der Waals surface area contributed by atoms with Gasteiger partial charge in [0.05, 0.1) is 13.1 Å². The molecule has 3 rings (SSSR count). The largest absolute Gasteiger partial charge is 0.480 e. The monoisotopic (exact) mass is 280 g/mol. The lowest BCUT2D eigenvalue weighted by molar-refractivity contribution is -0.138. The molecule has 20 heavy (non-hydrogen) atoms. The van der Waals surface area contributed by atoms with Crippen LogP contribution in [0.1, 0.15) is 36.9 Å². The highest BCUT2D eigenvalue weighted by Gasteiger charge is 2.29. The van der Waals surface area contributed by atoms with Gasteiger partial charge in [0.25, 0.3) is 0 Å². The van der Waals surface area contributed by atoms with Crippen LogP contribution >= 0.6 is 0 Å². The maximum atomic E-state index is 10.7. The third-order valence-corrected chi connectivity index (χ3v) is 3.82. The number of hydrogen-bond donors (Lipinski definition) is 1. The molecule has 2 fully saturated rings. The molecule has 0 radical (unpaired) electrons. The van der Waals surface area contributed by atoms with Crippen LogP contribution in [0.2, 0.25) is 0 Å². The van der Waals surface area contributed by atoms with Crippen LogP contribution in [-0.2, 0) is 11.3 Å². The van der Waals surface area contributed by atoms with Crippen LogP contribution in [0, 0.1) is 0 Å². The van der Waals surface area contributed by atoms with Crippen LogP contribution in [0.4, 0.5) is 0 Å². The molecule has 1 aromatic heterocycles. The molecule has 0 aromatic carbocycles. The summed E-state index contributed by atoms with van der Waals surface area (Å²) in [7, 11) is 0. The summed E-state index contributed by atoms with van der Waals surface area (Å²) in [6.45, 7) is 4.23. The Labute approximate surface area is 117 Å². The van der Waals surface area contributed by atoms with Crippen LogP contribution in [0.5, 0.6) is 0 Å². The van der Waals surface area contributed by atoms with Gasteiger partial charge in [-0.2, -0.15) is 4.98 Å². The van der Waals surface area contributed by atoms with Crippen molar-refractivity contribution in [3.63, 3.8) is 0 Å². The van der Waals surface area contributed by atoms with Crippen molar-refractivity contribution >= 4 is 5.97 Å². The Balaban J connectivity index is 1.51. The van der Waals surface area contributed by atoms with Crippen molar-refractivity contribution < 1.29 is 14.4 Å². The first-order valence-electron chi connectivity index (χ1n) is 7.19. The van der Waals surface area contributed by atoms with Crippen molar-refractivity contribution in [2.75, 3.05) is 32.7 Å². The molecule has 7 heteroatoms. The molecule has 1 aliphatic heterocycles. The molecule has 0 unspecified atom stereocenters. The number of rotatable bonds is 5. The summed E-state index contributed by atoms with van der Waals surface area (Å²) in [5.74, 6) is 1.26. The zero-order valence-electron chi connectivity index (χ0n) is 11.5. The van der Waals surface area contributed by atoms with Crippen LogP contribution in [-0.4, -0.2) is 63.7 Å². The fourth-order valence-electron chi connectivity index (χ4n) is 2.56. The Hall–Kier alpha value is -1.47. The molecular formula is C13H20N4O3. The normalized spacial score (nSPS) is 21.8. The first kappa shape index (κ1) is 13.5. The zero-order valence-corrected chi connectivity index (χ0v) is 11.5. The van der Waals surface area contributed by atoms with E-state index in [0.717, 1.165) is 57.2 Å². The molecule has 0 bridgehead atoms. The summed E-state index contributed by atoms with van der Waals surface area (Å²) < 4.78 is 5.26. The van der Waals surface area contributed by atoms with E-state index >= 15 is 0 Å². The molecule has 1 N–H and O–H groups in total. The topological polar surface area (TPSA) is 82.7 Å². The summed E-state index contributed by atoms with van der Waals surface area (Å²) in [5.41, 5.74) is 0. The summed E-state index contributed by atoms with van der Waals surface area (Å²) in [6.07, 6.45) is 3.30. The van der Waals surface area contributed by atoms with Crippen LogP contribution in [0.15, 0.2) is 4.52 Å². The van der Waals surface area contributed by atoms with Crippen molar-refractivity contribution in [2.45, 2.75) is 31.7 Å². The van der Waals surface area contributed by atoms with Crippen LogP contribution in [0.3, 0.4) is 0 Å². The third-order valence-electron chi connectivity index (χ3n) is 3.82. The van der Waals surface area contributed by atoms with E-state index in [1.165, 1.54) is 0 Å². The minimum absolute atomic E-state index is 0.127. The van der Waals surface area contributed by atoms with Gasteiger partial charge in [-0.3, -0.25) is 14.6 Å². The number of carboxylic acid groups (broad SMARTS) is 1. The van der Waals surface area contributed by atoms with Crippen molar-refractivity contribution in [1.29, 1.82) is 0 Å². The molecular weight excluding hydrogens is 260 g/mol. The van der Waals surface area contributed by atoms with Gasteiger partial charge in [-0.15, -0.1) is 0 Å². The molecule has 1 saturated heterocycles. The van der Waals surface area contributed by atoms with Crippen molar-refractivity contribution in [1.82, 2.24) is 19.9 Å². The summed E-state index contributed by atoms with van der Waals surface area (Å²) in [6, 6.07) is 0. The lowest BCUT2D eigenvalue weighted by Crippen LogP contribution is -2.34. The maximum absolute atomic E-state index is 10.7. The molecule has 7 nitrogen and oxygen atoms in total. The van der Waals surface area contributed by atoms with E-state index in [1.807, 2.05) is 4.90 Å². The highest BCUT2D eigenvalue weighted by Crippen LogP contribution is 2.38. The fraction of sp³-hybridized carbons (Fsp3) is 0.769. The molecule has 0 atom stereocenters. The lowest BCUT2D eigenvalue weighted by Gasteiger charge is -2.19. The van der Waals surface area contributed by atoms with Crippen molar-refractivity contribution in [3.8, 4) is 0 Å². The van der Waals surface area contributed by atoms with Gasteiger partial charge in [0.15, 0.2) is 5.82 Å². The first-order valence-corrected chi connectivity index (χ1v) is 7.19. The molecule has 1 saturated carbocycles. The third kappa shape index (κ3) is 3.55. The molecule has 0 spiro atoms. The van der Waals surface area contributed by atoms with Gasteiger partial charge >= 0.3 is 5.97 Å². The Kier molecular flexibility index (Phi) is 3.98. The molecule has 110 valence electrons. The Bertz CT molecular complexity index is 472. The van der Waals surface area contributed by atoms with E-state index in [0.29, 0.717) is 12.5 Å². The molecule has 2 heterocycles. The quantitative estimate of drug-likeness (QED) is 0.842. The molecule has 0 amide bonds. The predicted molar refractivity (Wildman–Crippen MR) is 70.2 cm³/mol. The number of carbonyl (C=O) groups is 1. The number of hydrogen-bond acceptors (Lipinski definition) is 6. The minimum Gasteiger partial charge on any atom is -0.480 e. The van der Waals surface area contributed by atoms with Crippen LogP contribution < -0.4 is 0 Å². The maximum Gasteiger partial charge on any atom is 0.317 e. The lowest BCUT2D eigenvalue weighted by atomic mass is 10.3. The Morgan fingerprint density at radius 3 is 2.75 bits per heavy atom. The van der Waals surface area contributed by atoms with Gasteiger partial charge in [0.2, 0.25) is 5.89 Å². The SMILES string of the molecule is O=C(O)CN1CCCN(Cc2noc(C3CC3)n2)CC1. The Morgan fingerprint density at radius 1 is 1.25 bits per heavy atom. The van der Waals surface area contributed by atoms with Gasteiger partial charge < -0.3 is 9.63 Å². The van der Waals surface area contributed by atoms with Gasteiger partial charge in [0.1, 0.15) is 0 Å². The van der Waals surface area contributed by atoms with E-state index in [-0.39, 0.29) is 6.54 Å². The van der Waals surface area contributed by atoms with Gasteiger partial charge in [-0.25, -0.2) is 0 Å². The van der Waals surface area contributed by atoms with Crippen molar-refractivity contribution in [2.24, 2.45) is 0 Å². The van der Waals surface area contributed by atoms with Gasteiger partial charge in [0, 0.05) is 25.6 Å². The summed E-state index contributed by atoms with van der Waals surface area (Å²) >= 11 is 0. The number of carboxylic acids is 1. The van der Waals surface area contributed by atoms with Crippen LogP contribution in [0.25, 0.3) is 0 Å².